The molecule has 3 rings (SSSR count). The van der Waals surface area contributed by atoms with E-state index in [4.69, 9.17) is 5.14 Å². The van der Waals surface area contributed by atoms with Gasteiger partial charge in [0.05, 0.1) is 10.9 Å². The standard InChI is InChI=1S/C13H15N7O2S/c1-9(10-3-5-11(6-4-10)23(14,21)22)19(2)13-8-7-12-15-17-18-20(12)16-13/h3-9H,1-2H3,(H2,14,21,22). The molecule has 1 aromatic carbocycles. The van der Waals surface area contributed by atoms with Crippen LogP contribution in [0.15, 0.2) is 41.3 Å². The Morgan fingerprint density at radius 1 is 1.17 bits per heavy atom. The lowest BCUT2D eigenvalue weighted by Crippen LogP contribution is -2.23. The molecule has 2 aromatic heterocycles. The van der Waals surface area contributed by atoms with Gasteiger partial charge in [-0.1, -0.05) is 12.1 Å². The highest BCUT2D eigenvalue weighted by Crippen LogP contribution is 2.24. The van der Waals surface area contributed by atoms with Gasteiger partial charge in [-0.05, 0) is 47.2 Å². The van der Waals surface area contributed by atoms with Gasteiger partial charge in [-0.2, -0.15) is 0 Å². The van der Waals surface area contributed by atoms with Crippen LogP contribution in [-0.2, 0) is 10.0 Å². The van der Waals surface area contributed by atoms with Crippen molar-refractivity contribution in [1.82, 2.24) is 25.3 Å². The monoisotopic (exact) mass is 333 g/mol. The summed E-state index contributed by atoms with van der Waals surface area (Å²) in [6, 6.07) is 10.0. The molecule has 0 radical (unpaired) electrons. The first-order valence-corrected chi connectivity index (χ1v) is 8.32. The summed E-state index contributed by atoms with van der Waals surface area (Å²) in [5.41, 5.74) is 1.49. The van der Waals surface area contributed by atoms with Crippen molar-refractivity contribution in [2.24, 2.45) is 5.14 Å². The van der Waals surface area contributed by atoms with Crippen LogP contribution in [0.25, 0.3) is 5.65 Å². The maximum Gasteiger partial charge on any atom is 0.238 e. The number of anilines is 1. The van der Waals surface area contributed by atoms with Gasteiger partial charge in [-0.25, -0.2) is 13.6 Å². The van der Waals surface area contributed by atoms with Gasteiger partial charge in [0.2, 0.25) is 10.0 Å². The molecule has 2 heterocycles. The van der Waals surface area contributed by atoms with E-state index in [2.05, 4.69) is 20.6 Å². The van der Waals surface area contributed by atoms with Crippen molar-refractivity contribution < 1.29 is 8.42 Å². The topological polar surface area (TPSA) is 119 Å². The lowest BCUT2D eigenvalue weighted by molar-refractivity contribution is 0.597. The third-order valence-electron chi connectivity index (χ3n) is 3.69. The fourth-order valence-corrected chi connectivity index (χ4v) is 2.70. The lowest BCUT2D eigenvalue weighted by Gasteiger charge is -2.26. The summed E-state index contributed by atoms with van der Waals surface area (Å²) in [7, 11) is -1.80. The molecule has 0 bridgehead atoms. The average molecular weight is 333 g/mol. The minimum atomic E-state index is -3.69. The zero-order valence-corrected chi connectivity index (χ0v) is 13.3. The Hall–Kier alpha value is -2.59. The molecule has 1 unspecified atom stereocenters. The van der Waals surface area contributed by atoms with Crippen molar-refractivity contribution in [2.75, 3.05) is 11.9 Å². The van der Waals surface area contributed by atoms with E-state index < -0.39 is 10.0 Å². The average Bonchev–Trinajstić information content (AvgIpc) is 3.00. The minimum Gasteiger partial charge on any atom is -0.351 e. The van der Waals surface area contributed by atoms with E-state index in [1.165, 1.54) is 16.8 Å². The molecule has 2 N–H and O–H groups in total. The molecule has 0 fully saturated rings. The molecule has 1 atom stereocenters. The predicted octanol–water partition coefficient (Wildman–Crippen LogP) is 0.364. The van der Waals surface area contributed by atoms with Gasteiger partial charge in [0.25, 0.3) is 0 Å². The van der Waals surface area contributed by atoms with E-state index in [1.54, 1.807) is 18.2 Å². The number of benzene rings is 1. The number of nitrogens with two attached hydrogens (primary N) is 1. The van der Waals surface area contributed by atoms with Crippen molar-refractivity contribution >= 4 is 21.5 Å². The Kier molecular flexibility index (Phi) is 3.70. The second-order valence-corrected chi connectivity index (χ2v) is 6.68. The molecule has 120 valence electrons. The van der Waals surface area contributed by atoms with Gasteiger partial charge in [0.15, 0.2) is 11.5 Å². The number of hydrogen-bond acceptors (Lipinski definition) is 7. The highest BCUT2D eigenvalue weighted by molar-refractivity contribution is 7.89. The Morgan fingerprint density at radius 2 is 1.87 bits per heavy atom. The van der Waals surface area contributed by atoms with Gasteiger partial charge in [-0.3, -0.25) is 0 Å². The van der Waals surface area contributed by atoms with E-state index >= 15 is 0 Å². The van der Waals surface area contributed by atoms with Crippen LogP contribution in [0, 0.1) is 0 Å². The third-order valence-corrected chi connectivity index (χ3v) is 4.62. The highest BCUT2D eigenvalue weighted by Gasteiger charge is 2.16. The molecule has 0 aliphatic carbocycles. The fraction of sp³-hybridized carbons (Fsp3) is 0.231. The first kappa shape index (κ1) is 15.3. The molecule has 23 heavy (non-hydrogen) atoms. The maximum atomic E-state index is 11.3. The fourth-order valence-electron chi connectivity index (χ4n) is 2.19. The number of hydrogen-bond donors (Lipinski definition) is 1. The summed E-state index contributed by atoms with van der Waals surface area (Å²) in [5.74, 6) is 0.688. The van der Waals surface area contributed by atoms with Gasteiger partial charge < -0.3 is 4.90 Å². The second kappa shape index (κ2) is 5.56. The maximum absolute atomic E-state index is 11.3. The summed E-state index contributed by atoms with van der Waals surface area (Å²) < 4.78 is 24.0. The van der Waals surface area contributed by atoms with Gasteiger partial charge in [-0.15, -0.1) is 14.8 Å². The predicted molar refractivity (Wildman–Crippen MR) is 83.2 cm³/mol. The number of tetrazole rings is 1. The van der Waals surface area contributed by atoms with Crippen molar-refractivity contribution in [3.63, 3.8) is 0 Å². The molecule has 0 saturated carbocycles. The number of sulfonamides is 1. The van der Waals surface area contributed by atoms with Gasteiger partial charge in [0.1, 0.15) is 0 Å². The smallest absolute Gasteiger partial charge is 0.238 e. The normalized spacial score (nSPS) is 13.2. The molecule has 10 heteroatoms. The number of rotatable bonds is 4. The van der Waals surface area contributed by atoms with Crippen LogP contribution < -0.4 is 10.0 Å². The second-order valence-electron chi connectivity index (χ2n) is 5.12. The Bertz CT molecular complexity index is 936. The van der Waals surface area contributed by atoms with E-state index in [9.17, 15) is 8.42 Å². The van der Waals surface area contributed by atoms with Crippen molar-refractivity contribution in [2.45, 2.75) is 17.9 Å². The number of nitrogens with zero attached hydrogens (tertiary/aromatic N) is 6. The third kappa shape index (κ3) is 2.98. The molecular weight excluding hydrogens is 318 g/mol. The van der Waals surface area contributed by atoms with Gasteiger partial charge in [0, 0.05) is 7.05 Å². The van der Waals surface area contributed by atoms with E-state index in [0.717, 1.165) is 5.56 Å². The van der Waals surface area contributed by atoms with E-state index in [-0.39, 0.29) is 10.9 Å². The Morgan fingerprint density at radius 3 is 2.52 bits per heavy atom. The zero-order chi connectivity index (χ0) is 16.6. The Balaban J connectivity index is 1.87. The number of aromatic nitrogens is 5. The highest BCUT2D eigenvalue weighted by atomic mass is 32.2. The molecule has 0 aliphatic rings. The summed E-state index contributed by atoms with van der Waals surface area (Å²) in [5, 5.41) is 20.6. The number of fused-ring (bicyclic) bond motifs is 1. The quantitative estimate of drug-likeness (QED) is 0.732. The molecule has 0 spiro atoms. The first-order valence-electron chi connectivity index (χ1n) is 6.77. The number of primary sulfonamides is 1. The summed E-state index contributed by atoms with van der Waals surface area (Å²) in [6.45, 7) is 1.98. The molecule has 0 aliphatic heterocycles. The van der Waals surface area contributed by atoms with Crippen LogP contribution in [0.4, 0.5) is 5.82 Å². The van der Waals surface area contributed by atoms with Crippen molar-refractivity contribution in [3.8, 4) is 0 Å². The van der Waals surface area contributed by atoms with Crippen LogP contribution in [0.1, 0.15) is 18.5 Å². The molecular formula is C13H15N7O2S. The molecule has 0 amide bonds. The molecule has 0 saturated heterocycles. The van der Waals surface area contributed by atoms with Crippen LogP contribution >= 0.6 is 0 Å². The van der Waals surface area contributed by atoms with Gasteiger partial charge >= 0.3 is 0 Å². The summed E-state index contributed by atoms with van der Waals surface area (Å²) >= 11 is 0. The zero-order valence-electron chi connectivity index (χ0n) is 12.5. The van der Waals surface area contributed by atoms with Crippen LogP contribution in [-0.4, -0.2) is 40.7 Å². The Labute approximate surface area is 132 Å². The van der Waals surface area contributed by atoms with E-state index in [0.29, 0.717) is 11.5 Å². The van der Waals surface area contributed by atoms with Crippen molar-refractivity contribution in [1.29, 1.82) is 0 Å². The largest absolute Gasteiger partial charge is 0.351 e. The summed E-state index contributed by atoms with van der Waals surface area (Å²) in [6.07, 6.45) is 0. The van der Waals surface area contributed by atoms with E-state index in [1.807, 2.05) is 24.9 Å². The van der Waals surface area contributed by atoms with Crippen molar-refractivity contribution in [3.05, 3.63) is 42.0 Å². The summed E-state index contributed by atoms with van der Waals surface area (Å²) in [4.78, 5) is 2.02. The SMILES string of the molecule is CC(c1ccc(S(N)(=O)=O)cc1)N(C)c1ccc2nnnn2n1. The first-order chi connectivity index (χ1) is 10.9. The van der Waals surface area contributed by atoms with Crippen LogP contribution in [0.3, 0.4) is 0 Å². The molecule has 9 nitrogen and oxygen atoms in total. The lowest BCUT2D eigenvalue weighted by atomic mass is 10.1. The molecule has 3 aromatic rings. The van der Waals surface area contributed by atoms with Crippen LogP contribution in [0.2, 0.25) is 0 Å². The minimum absolute atomic E-state index is 0.0361. The van der Waals surface area contributed by atoms with Crippen LogP contribution in [0.5, 0.6) is 0 Å².